The molecule has 1 heterocycles. The van der Waals surface area contributed by atoms with E-state index in [4.69, 9.17) is 10.8 Å². The SMILES string of the molecule is CCC(C(=O)O)n1ccc(N)n1. The van der Waals surface area contributed by atoms with Gasteiger partial charge in [-0.2, -0.15) is 5.10 Å². The Morgan fingerprint density at radius 3 is 2.92 bits per heavy atom. The molecule has 0 saturated carbocycles. The van der Waals surface area contributed by atoms with E-state index >= 15 is 0 Å². The monoisotopic (exact) mass is 169 g/mol. The van der Waals surface area contributed by atoms with E-state index in [-0.39, 0.29) is 0 Å². The van der Waals surface area contributed by atoms with Gasteiger partial charge >= 0.3 is 5.97 Å². The second-order valence-electron chi connectivity index (χ2n) is 2.48. The number of anilines is 1. The summed E-state index contributed by atoms with van der Waals surface area (Å²) in [5.74, 6) is -0.546. The molecule has 12 heavy (non-hydrogen) atoms. The minimum Gasteiger partial charge on any atom is -0.480 e. The highest BCUT2D eigenvalue weighted by Gasteiger charge is 2.17. The van der Waals surface area contributed by atoms with Crippen LogP contribution >= 0.6 is 0 Å². The maximum Gasteiger partial charge on any atom is 0.328 e. The van der Waals surface area contributed by atoms with E-state index in [0.29, 0.717) is 12.2 Å². The van der Waals surface area contributed by atoms with Crippen molar-refractivity contribution in [2.45, 2.75) is 19.4 Å². The van der Waals surface area contributed by atoms with Gasteiger partial charge in [-0.1, -0.05) is 6.92 Å². The largest absolute Gasteiger partial charge is 0.480 e. The molecule has 0 aromatic carbocycles. The molecule has 66 valence electrons. The molecule has 5 nitrogen and oxygen atoms in total. The fourth-order valence-corrected chi connectivity index (χ4v) is 1.00. The molecule has 1 atom stereocenters. The number of nitrogens with two attached hydrogens (primary N) is 1. The third kappa shape index (κ3) is 1.55. The molecule has 0 spiro atoms. The lowest BCUT2D eigenvalue weighted by molar-refractivity contribution is -0.141. The van der Waals surface area contributed by atoms with Crippen LogP contribution in [0.1, 0.15) is 19.4 Å². The lowest BCUT2D eigenvalue weighted by Gasteiger charge is -2.08. The van der Waals surface area contributed by atoms with Gasteiger partial charge < -0.3 is 10.8 Å². The first-order valence-electron chi connectivity index (χ1n) is 3.68. The molecule has 0 radical (unpaired) electrons. The van der Waals surface area contributed by atoms with Crippen LogP contribution in [0.2, 0.25) is 0 Å². The summed E-state index contributed by atoms with van der Waals surface area (Å²) in [6.45, 7) is 1.79. The van der Waals surface area contributed by atoms with Crippen molar-refractivity contribution in [2.75, 3.05) is 5.73 Å². The van der Waals surface area contributed by atoms with Gasteiger partial charge in [0.2, 0.25) is 0 Å². The Morgan fingerprint density at radius 1 is 1.92 bits per heavy atom. The zero-order chi connectivity index (χ0) is 9.14. The topological polar surface area (TPSA) is 81.1 Å². The predicted octanol–water partition coefficient (Wildman–Crippen LogP) is 0.501. The molecule has 0 aliphatic heterocycles. The van der Waals surface area contributed by atoms with E-state index in [1.54, 1.807) is 19.2 Å². The van der Waals surface area contributed by atoms with Crippen molar-refractivity contribution < 1.29 is 9.90 Å². The van der Waals surface area contributed by atoms with Gasteiger partial charge in [-0.3, -0.25) is 4.68 Å². The van der Waals surface area contributed by atoms with Gasteiger partial charge in [-0.15, -0.1) is 0 Å². The van der Waals surface area contributed by atoms with E-state index in [1.165, 1.54) is 4.68 Å². The van der Waals surface area contributed by atoms with Crippen LogP contribution in [-0.4, -0.2) is 20.9 Å². The average Bonchev–Trinajstić information content (AvgIpc) is 2.37. The van der Waals surface area contributed by atoms with Crippen LogP contribution in [0.5, 0.6) is 0 Å². The van der Waals surface area contributed by atoms with Gasteiger partial charge in [0.05, 0.1) is 0 Å². The van der Waals surface area contributed by atoms with Gasteiger partial charge in [0.1, 0.15) is 11.9 Å². The van der Waals surface area contributed by atoms with Crippen molar-refractivity contribution in [3.63, 3.8) is 0 Å². The average molecular weight is 169 g/mol. The molecular formula is C7H11N3O2. The molecule has 3 N–H and O–H groups in total. The molecule has 0 amide bonds. The minimum atomic E-state index is -0.888. The quantitative estimate of drug-likeness (QED) is 0.690. The summed E-state index contributed by atoms with van der Waals surface area (Å²) in [6.07, 6.45) is 2.06. The second kappa shape index (κ2) is 3.25. The van der Waals surface area contributed by atoms with Crippen LogP contribution < -0.4 is 5.73 Å². The maximum atomic E-state index is 10.6. The lowest BCUT2D eigenvalue weighted by Crippen LogP contribution is -2.18. The third-order valence-corrected chi connectivity index (χ3v) is 1.62. The molecule has 0 fully saturated rings. The number of carboxylic acid groups (broad SMARTS) is 1. The fourth-order valence-electron chi connectivity index (χ4n) is 1.00. The van der Waals surface area contributed by atoms with Crippen LogP contribution in [-0.2, 0) is 4.79 Å². The summed E-state index contributed by atoms with van der Waals surface area (Å²) in [6, 6.07) is 0.966. The van der Waals surface area contributed by atoms with Gasteiger partial charge in [0.25, 0.3) is 0 Å². The highest BCUT2D eigenvalue weighted by atomic mass is 16.4. The van der Waals surface area contributed by atoms with Crippen molar-refractivity contribution in [1.82, 2.24) is 9.78 Å². The number of rotatable bonds is 3. The summed E-state index contributed by atoms with van der Waals surface area (Å²) in [7, 11) is 0. The standard InChI is InChI=1S/C7H11N3O2/c1-2-5(7(11)12)10-4-3-6(8)9-10/h3-5H,2H2,1H3,(H2,8,9)(H,11,12). The first kappa shape index (κ1) is 8.58. The van der Waals surface area contributed by atoms with Crippen molar-refractivity contribution in [1.29, 1.82) is 0 Å². The summed E-state index contributed by atoms with van der Waals surface area (Å²) in [4.78, 5) is 10.6. The molecule has 1 unspecified atom stereocenters. The van der Waals surface area contributed by atoms with Gasteiger partial charge in [-0.25, -0.2) is 4.79 Å². The second-order valence-corrected chi connectivity index (χ2v) is 2.48. The first-order valence-corrected chi connectivity index (χ1v) is 3.68. The molecule has 0 saturated heterocycles. The van der Waals surface area contributed by atoms with E-state index in [9.17, 15) is 4.79 Å². The number of nitrogen functional groups attached to an aromatic ring is 1. The number of nitrogens with zero attached hydrogens (tertiary/aromatic N) is 2. The van der Waals surface area contributed by atoms with Gasteiger partial charge in [-0.05, 0) is 12.5 Å². The van der Waals surface area contributed by atoms with Crippen LogP contribution in [0, 0.1) is 0 Å². The lowest BCUT2D eigenvalue weighted by atomic mass is 10.2. The van der Waals surface area contributed by atoms with Gasteiger partial charge in [0.15, 0.2) is 0 Å². The van der Waals surface area contributed by atoms with Crippen molar-refractivity contribution in [2.24, 2.45) is 0 Å². The molecule has 0 aliphatic carbocycles. The molecule has 5 heteroatoms. The molecule has 0 bridgehead atoms. The maximum absolute atomic E-state index is 10.6. The Kier molecular flexibility index (Phi) is 2.32. The zero-order valence-corrected chi connectivity index (χ0v) is 6.77. The summed E-state index contributed by atoms with van der Waals surface area (Å²) >= 11 is 0. The van der Waals surface area contributed by atoms with Crippen molar-refractivity contribution >= 4 is 11.8 Å². The van der Waals surface area contributed by atoms with Crippen molar-refractivity contribution in [3.8, 4) is 0 Å². The van der Waals surface area contributed by atoms with Crippen molar-refractivity contribution in [3.05, 3.63) is 12.3 Å². The van der Waals surface area contributed by atoms with Crippen LogP contribution in [0.15, 0.2) is 12.3 Å². The Balaban J connectivity index is 2.87. The number of aliphatic carboxylic acids is 1. The first-order chi connectivity index (χ1) is 5.65. The number of hydrogen-bond donors (Lipinski definition) is 2. The van der Waals surface area contributed by atoms with Gasteiger partial charge in [0, 0.05) is 6.20 Å². The van der Waals surface area contributed by atoms with Crippen LogP contribution in [0.25, 0.3) is 0 Å². The van der Waals surface area contributed by atoms with E-state index < -0.39 is 12.0 Å². The highest BCUT2D eigenvalue weighted by Crippen LogP contribution is 2.11. The Bertz CT molecular complexity index is 282. The molecule has 1 aromatic rings. The molecule has 0 aliphatic rings. The Hall–Kier alpha value is -1.52. The predicted molar refractivity (Wildman–Crippen MR) is 43.6 cm³/mol. The summed E-state index contributed by atoms with van der Waals surface area (Å²) in [5, 5.41) is 12.6. The Labute approximate surface area is 69.8 Å². The Morgan fingerprint density at radius 2 is 2.58 bits per heavy atom. The summed E-state index contributed by atoms with van der Waals surface area (Å²) < 4.78 is 1.36. The zero-order valence-electron chi connectivity index (χ0n) is 6.77. The number of hydrogen-bond acceptors (Lipinski definition) is 3. The number of carbonyl (C=O) groups is 1. The van der Waals surface area contributed by atoms with Crippen LogP contribution in [0.4, 0.5) is 5.82 Å². The fraction of sp³-hybridized carbons (Fsp3) is 0.429. The van der Waals surface area contributed by atoms with E-state index in [0.717, 1.165) is 0 Å². The molecular weight excluding hydrogens is 158 g/mol. The number of aromatic nitrogens is 2. The number of carboxylic acids is 1. The highest BCUT2D eigenvalue weighted by molar-refractivity contribution is 5.71. The smallest absolute Gasteiger partial charge is 0.328 e. The normalized spacial score (nSPS) is 12.8. The molecule has 1 rings (SSSR count). The van der Waals surface area contributed by atoms with E-state index in [2.05, 4.69) is 5.10 Å². The minimum absolute atomic E-state index is 0.342. The van der Waals surface area contributed by atoms with Crippen LogP contribution in [0.3, 0.4) is 0 Å². The summed E-state index contributed by atoms with van der Waals surface area (Å²) in [5.41, 5.74) is 5.35. The molecule has 1 aromatic heterocycles. The third-order valence-electron chi connectivity index (χ3n) is 1.62. The van der Waals surface area contributed by atoms with E-state index in [1.807, 2.05) is 0 Å².